The van der Waals surface area contributed by atoms with Gasteiger partial charge >= 0.3 is 0 Å². The molecule has 0 saturated heterocycles. The highest BCUT2D eigenvalue weighted by Crippen LogP contribution is 2.23. The number of nitrogen functional groups attached to an aromatic ring is 1. The molecule has 3 aromatic rings. The van der Waals surface area contributed by atoms with Crippen molar-refractivity contribution < 1.29 is 9.32 Å². The van der Waals surface area contributed by atoms with Crippen LogP contribution in [0.15, 0.2) is 33.3 Å². The number of rotatable bonds is 6. The van der Waals surface area contributed by atoms with E-state index in [4.69, 9.17) is 10.3 Å². The van der Waals surface area contributed by atoms with E-state index in [2.05, 4.69) is 25.3 Å². The first-order valence-electron chi connectivity index (χ1n) is 6.81. The maximum atomic E-state index is 12.1. The number of pyridine rings is 1. The van der Waals surface area contributed by atoms with Gasteiger partial charge in [0.2, 0.25) is 22.8 Å². The van der Waals surface area contributed by atoms with Gasteiger partial charge in [0.1, 0.15) is 5.69 Å². The van der Waals surface area contributed by atoms with Gasteiger partial charge in [-0.15, -0.1) is 10.2 Å². The van der Waals surface area contributed by atoms with Crippen molar-refractivity contribution in [3.8, 4) is 11.5 Å². The van der Waals surface area contributed by atoms with Gasteiger partial charge < -0.3 is 15.2 Å². The fourth-order valence-electron chi connectivity index (χ4n) is 1.72. The number of nitrogens with two attached hydrogens (primary N) is 1. The zero-order valence-electron chi connectivity index (χ0n) is 12.6. The Kier molecular flexibility index (Phi) is 5.01. The van der Waals surface area contributed by atoms with Crippen LogP contribution in [0, 0.1) is 0 Å². The van der Waals surface area contributed by atoms with E-state index in [1.54, 1.807) is 25.4 Å². The lowest BCUT2D eigenvalue weighted by Crippen LogP contribution is -2.27. The molecule has 9 nitrogen and oxygen atoms in total. The quantitative estimate of drug-likeness (QED) is 0.645. The van der Waals surface area contributed by atoms with Crippen LogP contribution in [0.2, 0.25) is 0 Å². The number of nitrogens with zero attached hydrogens (tertiary/aromatic N) is 6. The van der Waals surface area contributed by atoms with Crippen LogP contribution in [0.3, 0.4) is 0 Å². The molecule has 0 atom stereocenters. The molecule has 0 aliphatic carbocycles. The SMILES string of the molecule is CN(Cc1nc(-c2ccccn2)no1)C(=O)CSc1nnc(N)s1. The standard InChI is InChI=1S/C13H13N7O2S2/c1-20(10(21)7-23-13-18-17-12(14)24-13)6-9-16-11(19-22-9)8-4-2-3-5-15-8/h2-5H,6-7H2,1H3,(H2,14,17). The average molecular weight is 363 g/mol. The third-order valence-electron chi connectivity index (χ3n) is 2.90. The summed E-state index contributed by atoms with van der Waals surface area (Å²) in [5.74, 6) is 0.875. The maximum Gasteiger partial charge on any atom is 0.246 e. The van der Waals surface area contributed by atoms with Gasteiger partial charge in [-0.2, -0.15) is 4.98 Å². The second kappa shape index (κ2) is 7.36. The van der Waals surface area contributed by atoms with Crippen LogP contribution in [-0.4, -0.2) is 48.9 Å². The lowest BCUT2D eigenvalue weighted by molar-refractivity contribution is -0.127. The Balaban J connectivity index is 1.55. The molecule has 124 valence electrons. The van der Waals surface area contributed by atoms with Crippen molar-refractivity contribution in [2.24, 2.45) is 0 Å². The molecule has 3 aromatic heterocycles. The predicted octanol–water partition coefficient (Wildman–Crippen LogP) is 1.32. The lowest BCUT2D eigenvalue weighted by Gasteiger charge is -2.13. The number of carbonyl (C=O) groups is 1. The van der Waals surface area contributed by atoms with Crippen LogP contribution >= 0.6 is 23.1 Å². The van der Waals surface area contributed by atoms with Crippen LogP contribution in [0.1, 0.15) is 5.89 Å². The Morgan fingerprint density at radius 1 is 1.42 bits per heavy atom. The minimum Gasteiger partial charge on any atom is -0.374 e. The lowest BCUT2D eigenvalue weighted by atomic mass is 10.3. The normalized spacial score (nSPS) is 10.7. The van der Waals surface area contributed by atoms with Crippen LogP contribution in [-0.2, 0) is 11.3 Å². The molecule has 24 heavy (non-hydrogen) atoms. The fourth-order valence-corrected chi connectivity index (χ4v) is 3.30. The number of carbonyl (C=O) groups excluding carboxylic acids is 1. The molecule has 3 rings (SSSR count). The molecular weight excluding hydrogens is 350 g/mol. The molecule has 0 radical (unpaired) electrons. The van der Waals surface area contributed by atoms with Gasteiger partial charge in [-0.3, -0.25) is 9.78 Å². The van der Waals surface area contributed by atoms with Crippen molar-refractivity contribution in [3.63, 3.8) is 0 Å². The minimum atomic E-state index is -0.0913. The first kappa shape index (κ1) is 16.3. The largest absolute Gasteiger partial charge is 0.374 e. The number of anilines is 1. The summed E-state index contributed by atoms with van der Waals surface area (Å²) in [6.07, 6.45) is 1.65. The van der Waals surface area contributed by atoms with E-state index in [9.17, 15) is 4.79 Å². The topological polar surface area (TPSA) is 124 Å². The van der Waals surface area contributed by atoms with Crippen molar-refractivity contribution in [2.75, 3.05) is 18.5 Å². The molecular formula is C13H13N7O2S2. The highest BCUT2D eigenvalue weighted by molar-refractivity contribution is 8.01. The van der Waals surface area contributed by atoms with Gasteiger partial charge in [0.15, 0.2) is 4.34 Å². The van der Waals surface area contributed by atoms with Crippen molar-refractivity contribution in [1.82, 2.24) is 30.2 Å². The highest BCUT2D eigenvalue weighted by Gasteiger charge is 2.16. The van der Waals surface area contributed by atoms with Crippen molar-refractivity contribution in [1.29, 1.82) is 0 Å². The Hall–Kier alpha value is -2.53. The van der Waals surface area contributed by atoms with E-state index >= 15 is 0 Å². The van der Waals surface area contributed by atoms with E-state index in [0.29, 0.717) is 26.9 Å². The summed E-state index contributed by atoms with van der Waals surface area (Å²) in [5.41, 5.74) is 6.12. The third kappa shape index (κ3) is 4.06. The van der Waals surface area contributed by atoms with Gasteiger partial charge in [-0.05, 0) is 12.1 Å². The molecule has 0 fully saturated rings. The van der Waals surface area contributed by atoms with E-state index in [0.717, 1.165) is 0 Å². The summed E-state index contributed by atoms with van der Waals surface area (Å²) >= 11 is 2.53. The first-order chi connectivity index (χ1) is 11.6. The molecule has 11 heteroatoms. The zero-order valence-corrected chi connectivity index (χ0v) is 14.3. The van der Waals surface area contributed by atoms with E-state index in [1.165, 1.54) is 28.0 Å². The van der Waals surface area contributed by atoms with E-state index in [1.807, 2.05) is 6.07 Å². The Labute approximate surface area is 145 Å². The van der Waals surface area contributed by atoms with Gasteiger partial charge in [0, 0.05) is 13.2 Å². The van der Waals surface area contributed by atoms with E-state index in [-0.39, 0.29) is 18.2 Å². The number of amides is 1. The summed E-state index contributed by atoms with van der Waals surface area (Å²) in [5, 5.41) is 11.8. The second-order valence-corrected chi connectivity index (χ2v) is 6.90. The van der Waals surface area contributed by atoms with Crippen LogP contribution in [0.25, 0.3) is 11.5 Å². The summed E-state index contributed by atoms with van der Waals surface area (Å²) in [7, 11) is 1.67. The molecule has 2 N–H and O–H groups in total. The number of hydrogen-bond donors (Lipinski definition) is 1. The molecule has 0 aliphatic rings. The Bertz CT molecular complexity index is 821. The molecule has 0 spiro atoms. The molecule has 1 amide bonds. The fraction of sp³-hybridized carbons (Fsp3) is 0.231. The summed E-state index contributed by atoms with van der Waals surface area (Å²) in [6, 6.07) is 5.43. The van der Waals surface area contributed by atoms with Gasteiger partial charge in [-0.25, -0.2) is 0 Å². The van der Waals surface area contributed by atoms with Gasteiger partial charge in [-0.1, -0.05) is 34.3 Å². The van der Waals surface area contributed by atoms with Crippen molar-refractivity contribution >= 4 is 34.1 Å². The van der Waals surface area contributed by atoms with Gasteiger partial charge in [0.05, 0.1) is 12.3 Å². The van der Waals surface area contributed by atoms with Crippen LogP contribution < -0.4 is 5.73 Å². The molecule has 3 heterocycles. The van der Waals surface area contributed by atoms with E-state index < -0.39 is 0 Å². The average Bonchev–Trinajstić information content (AvgIpc) is 3.22. The Morgan fingerprint density at radius 3 is 3.00 bits per heavy atom. The zero-order chi connectivity index (χ0) is 16.9. The monoisotopic (exact) mass is 363 g/mol. The molecule has 0 unspecified atom stereocenters. The smallest absolute Gasteiger partial charge is 0.246 e. The summed E-state index contributed by atoms with van der Waals surface area (Å²) < 4.78 is 5.82. The molecule has 0 aromatic carbocycles. The van der Waals surface area contributed by atoms with Gasteiger partial charge in [0.25, 0.3) is 0 Å². The predicted molar refractivity (Wildman–Crippen MR) is 89.0 cm³/mol. The number of hydrogen-bond acceptors (Lipinski definition) is 10. The van der Waals surface area contributed by atoms with Crippen LogP contribution in [0.4, 0.5) is 5.13 Å². The first-order valence-corrected chi connectivity index (χ1v) is 8.62. The molecule has 0 saturated carbocycles. The molecule has 0 bridgehead atoms. The maximum absolute atomic E-state index is 12.1. The van der Waals surface area contributed by atoms with Crippen molar-refractivity contribution in [2.45, 2.75) is 10.9 Å². The second-order valence-electron chi connectivity index (χ2n) is 4.67. The summed E-state index contributed by atoms with van der Waals surface area (Å²) in [6.45, 7) is 0.220. The van der Waals surface area contributed by atoms with Crippen molar-refractivity contribution in [3.05, 3.63) is 30.3 Å². The number of thioether (sulfide) groups is 1. The highest BCUT2D eigenvalue weighted by atomic mass is 32.2. The minimum absolute atomic E-state index is 0.0913. The third-order valence-corrected chi connectivity index (χ3v) is 4.77. The number of aromatic nitrogens is 5. The summed E-state index contributed by atoms with van der Waals surface area (Å²) in [4.78, 5) is 22.0. The Morgan fingerprint density at radius 2 is 2.29 bits per heavy atom. The molecule has 0 aliphatic heterocycles. The van der Waals surface area contributed by atoms with Crippen LogP contribution in [0.5, 0.6) is 0 Å².